The standard InChI is InChI=1S/C34H48N2O8/c1-19(2)23-10-9-20(3)13-27(23)43-18-29(39)36(22-7-5-6-8-22)26-16-25(34(41)35-11-12-37)30-24-14-21(17-38)15-28(42-4)32(24)44-33(30)31(26)40/h14-17,19-20,22-23,26-27,30-31,33,37,40H,5-13,18H2,1-4H3,(H,35,41). The number of nitrogens with zero attached hydrogens (tertiary/aromatic N) is 1. The number of amides is 2. The highest BCUT2D eigenvalue weighted by molar-refractivity contribution is 5.96. The maximum atomic E-state index is 14.1. The molecule has 2 saturated carbocycles. The minimum Gasteiger partial charge on any atom is -0.493 e. The van der Waals surface area contributed by atoms with Gasteiger partial charge in [0.15, 0.2) is 11.5 Å². The molecule has 1 heterocycles. The highest BCUT2D eigenvalue weighted by atomic mass is 16.5. The second-order valence-corrected chi connectivity index (χ2v) is 13.3. The van der Waals surface area contributed by atoms with E-state index in [0.717, 1.165) is 44.9 Å². The summed E-state index contributed by atoms with van der Waals surface area (Å²) >= 11 is 0. The average molecular weight is 613 g/mol. The predicted octanol–water partition coefficient (Wildman–Crippen LogP) is 3.38. The quantitative estimate of drug-likeness (QED) is 0.324. The van der Waals surface area contributed by atoms with Crippen molar-refractivity contribution in [2.75, 3.05) is 26.9 Å². The summed E-state index contributed by atoms with van der Waals surface area (Å²) in [6, 6.07) is 2.28. The summed E-state index contributed by atoms with van der Waals surface area (Å²) in [7, 11) is 1.47. The van der Waals surface area contributed by atoms with Crippen molar-refractivity contribution in [3.63, 3.8) is 0 Å². The third-order valence-corrected chi connectivity index (χ3v) is 10.1. The molecule has 4 aliphatic rings. The van der Waals surface area contributed by atoms with E-state index < -0.39 is 30.1 Å². The predicted molar refractivity (Wildman–Crippen MR) is 164 cm³/mol. The lowest BCUT2D eigenvalue weighted by Gasteiger charge is -2.43. The maximum Gasteiger partial charge on any atom is 0.249 e. The van der Waals surface area contributed by atoms with Gasteiger partial charge in [-0.1, -0.05) is 40.0 Å². The molecule has 2 amide bonds. The molecule has 10 nitrogen and oxygen atoms in total. The van der Waals surface area contributed by atoms with Crippen LogP contribution in [0.15, 0.2) is 23.8 Å². The lowest BCUT2D eigenvalue weighted by Crippen LogP contribution is -2.58. The van der Waals surface area contributed by atoms with Crippen molar-refractivity contribution >= 4 is 18.1 Å². The van der Waals surface area contributed by atoms with Crippen LogP contribution < -0.4 is 14.8 Å². The zero-order valence-electron chi connectivity index (χ0n) is 26.4. The second kappa shape index (κ2) is 14.0. The lowest BCUT2D eigenvalue weighted by atomic mass is 9.75. The van der Waals surface area contributed by atoms with Crippen LogP contribution in [-0.4, -0.2) is 90.5 Å². The minimum atomic E-state index is -1.16. The SMILES string of the molecule is COc1cc(C=O)cc2c1OC1C2C(C(=O)NCCO)=CC(N(C(=O)COC2CC(C)CCC2C(C)C)C2CCCC2)C1O. The number of aldehydes is 1. The summed E-state index contributed by atoms with van der Waals surface area (Å²) in [4.78, 5) is 41.2. The molecule has 2 fully saturated rings. The first-order valence-electron chi connectivity index (χ1n) is 16.2. The Balaban J connectivity index is 1.49. The first kappa shape index (κ1) is 32.4. The summed E-state index contributed by atoms with van der Waals surface area (Å²) in [5.74, 6) is 0.736. The number of benzene rings is 1. The fourth-order valence-corrected chi connectivity index (χ4v) is 7.88. The highest BCUT2D eigenvalue weighted by Crippen LogP contribution is 2.51. The van der Waals surface area contributed by atoms with Crippen LogP contribution in [0.1, 0.15) is 87.6 Å². The van der Waals surface area contributed by atoms with Crippen LogP contribution in [0.3, 0.4) is 0 Å². The van der Waals surface area contributed by atoms with Crippen molar-refractivity contribution in [2.24, 2.45) is 17.8 Å². The van der Waals surface area contributed by atoms with Crippen LogP contribution in [0, 0.1) is 17.8 Å². The van der Waals surface area contributed by atoms with Crippen LogP contribution >= 0.6 is 0 Å². The van der Waals surface area contributed by atoms with E-state index >= 15 is 0 Å². The van der Waals surface area contributed by atoms with Crippen LogP contribution in [-0.2, 0) is 14.3 Å². The van der Waals surface area contributed by atoms with Gasteiger partial charge in [-0.15, -0.1) is 0 Å². The van der Waals surface area contributed by atoms with Crippen molar-refractivity contribution in [1.82, 2.24) is 10.2 Å². The fraction of sp³-hybridized carbons (Fsp3) is 0.676. The van der Waals surface area contributed by atoms with Gasteiger partial charge in [0.05, 0.1) is 31.8 Å². The van der Waals surface area contributed by atoms with Gasteiger partial charge >= 0.3 is 0 Å². The van der Waals surface area contributed by atoms with E-state index in [0.29, 0.717) is 52.2 Å². The number of aliphatic hydroxyl groups is 2. The minimum absolute atomic E-state index is 0.00343. The Hall–Kier alpha value is -2.95. The molecular weight excluding hydrogens is 564 g/mol. The van der Waals surface area contributed by atoms with Crippen molar-refractivity contribution in [3.05, 3.63) is 34.9 Å². The van der Waals surface area contributed by atoms with E-state index in [9.17, 15) is 24.6 Å². The van der Waals surface area contributed by atoms with Crippen LogP contribution in [0.2, 0.25) is 0 Å². The number of aliphatic hydroxyl groups excluding tert-OH is 2. The summed E-state index contributed by atoms with van der Waals surface area (Å²) in [5.41, 5.74) is 1.24. The molecule has 7 unspecified atom stereocenters. The molecule has 0 saturated heterocycles. The molecule has 0 aromatic heterocycles. The molecule has 1 aromatic rings. The van der Waals surface area contributed by atoms with E-state index in [1.54, 1.807) is 23.1 Å². The Kier molecular flexibility index (Phi) is 10.3. The molecule has 10 heteroatoms. The van der Waals surface area contributed by atoms with Crippen LogP contribution in [0.4, 0.5) is 0 Å². The van der Waals surface area contributed by atoms with Gasteiger partial charge < -0.3 is 34.6 Å². The van der Waals surface area contributed by atoms with Crippen LogP contribution in [0.5, 0.6) is 11.5 Å². The largest absolute Gasteiger partial charge is 0.493 e. The Labute approximate surface area is 260 Å². The van der Waals surface area contributed by atoms with Gasteiger partial charge in [-0.05, 0) is 61.6 Å². The van der Waals surface area contributed by atoms with Crippen molar-refractivity contribution in [1.29, 1.82) is 0 Å². The summed E-state index contributed by atoms with van der Waals surface area (Å²) in [6.07, 6.45) is 7.04. The first-order valence-corrected chi connectivity index (χ1v) is 16.2. The number of carbonyl (C=O) groups is 3. The van der Waals surface area contributed by atoms with E-state index in [4.69, 9.17) is 14.2 Å². The van der Waals surface area contributed by atoms with E-state index in [1.807, 2.05) is 0 Å². The van der Waals surface area contributed by atoms with Gasteiger partial charge in [0.2, 0.25) is 11.8 Å². The number of rotatable bonds is 11. The smallest absolute Gasteiger partial charge is 0.249 e. The Bertz CT molecular complexity index is 1240. The lowest BCUT2D eigenvalue weighted by molar-refractivity contribution is -0.150. The monoisotopic (exact) mass is 612 g/mol. The summed E-state index contributed by atoms with van der Waals surface area (Å²) in [5, 5.41) is 24.1. The van der Waals surface area contributed by atoms with Crippen LogP contribution in [0.25, 0.3) is 0 Å². The number of nitrogens with one attached hydrogen (secondary N) is 1. The number of methoxy groups -OCH3 is 1. The summed E-state index contributed by atoms with van der Waals surface area (Å²) in [6.45, 7) is 6.36. The molecular formula is C34H48N2O8. The molecule has 7 atom stereocenters. The maximum absolute atomic E-state index is 14.1. The molecule has 1 aromatic carbocycles. The molecule has 0 bridgehead atoms. The highest BCUT2D eigenvalue weighted by Gasteiger charge is 2.52. The van der Waals surface area contributed by atoms with Gasteiger partial charge in [0.1, 0.15) is 25.1 Å². The Morgan fingerprint density at radius 2 is 1.93 bits per heavy atom. The Morgan fingerprint density at radius 1 is 1.18 bits per heavy atom. The molecule has 0 radical (unpaired) electrons. The number of ether oxygens (including phenoxy) is 3. The van der Waals surface area contributed by atoms with Gasteiger partial charge in [-0.25, -0.2) is 0 Å². The van der Waals surface area contributed by atoms with E-state index in [-0.39, 0.29) is 37.8 Å². The van der Waals surface area contributed by atoms with Crippen molar-refractivity contribution in [2.45, 2.75) is 102 Å². The van der Waals surface area contributed by atoms with Gasteiger partial charge in [0, 0.05) is 29.3 Å². The third kappa shape index (κ3) is 6.39. The van der Waals surface area contributed by atoms with Gasteiger partial charge in [-0.3, -0.25) is 14.4 Å². The average Bonchev–Trinajstić information content (AvgIpc) is 3.68. The molecule has 44 heavy (non-hydrogen) atoms. The zero-order valence-corrected chi connectivity index (χ0v) is 26.4. The topological polar surface area (TPSA) is 135 Å². The molecule has 0 spiro atoms. The fourth-order valence-electron chi connectivity index (χ4n) is 7.88. The van der Waals surface area contributed by atoms with Gasteiger partial charge in [0.25, 0.3) is 0 Å². The number of hydrogen-bond acceptors (Lipinski definition) is 8. The number of hydrogen-bond donors (Lipinski definition) is 3. The molecule has 3 aliphatic carbocycles. The van der Waals surface area contributed by atoms with Crippen molar-refractivity contribution in [3.8, 4) is 11.5 Å². The molecule has 5 rings (SSSR count). The van der Waals surface area contributed by atoms with Crippen molar-refractivity contribution < 1.29 is 38.8 Å². The van der Waals surface area contributed by atoms with E-state index in [1.165, 1.54) is 7.11 Å². The Morgan fingerprint density at radius 3 is 2.59 bits per heavy atom. The zero-order chi connectivity index (χ0) is 31.5. The second-order valence-electron chi connectivity index (χ2n) is 13.3. The van der Waals surface area contributed by atoms with Gasteiger partial charge in [-0.2, -0.15) is 0 Å². The molecule has 1 aliphatic heterocycles. The number of carbonyl (C=O) groups excluding carboxylic acids is 3. The molecule has 242 valence electrons. The first-order chi connectivity index (χ1) is 21.2. The summed E-state index contributed by atoms with van der Waals surface area (Å²) < 4.78 is 18.2. The third-order valence-electron chi connectivity index (χ3n) is 10.1. The number of fused-ring (bicyclic) bond motifs is 3. The molecule has 3 N–H and O–H groups in total. The van der Waals surface area contributed by atoms with E-state index in [2.05, 4.69) is 26.1 Å². The normalized spacial score (nSPS) is 29.8.